The Hall–Kier alpha value is -0.910. The molecule has 1 N–H and O–H groups in total. The van der Waals surface area contributed by atoms with Crippen LogP contribution >= 0.6 is 11.3 Å². The zero-order chi connectivity index (χ0) is 12.1. The summed E-state index contributed by atoms with van der Waals surface area (Å²) in [6, 6.07) is 0. The Morgan fingerprint density at radius 1 is 1.47 bits per heavy atom. The van der Waals surface area contributed by atoms with Crippen molar-refractivity contribution >= 4 is 16.3 Å². The fourth-order valence-electron chi connectivity index (χ4n) is 1.86. The molecule has 0 aromatic carbocycles. The summed E-state index contributed by atoms with van der Waals surface area (Å²) in [6.07, 6.45) is 4.35. The summed E-state index contributed by atoms with van der Waals surface area (Å²) >= 11 is 1.68. The molecule has 0 saturated carbocycles. The SMILES string of the molecule is COCCCCNCc1c(C)nc2sccn12. The van der Waals surface area contributed by atoms with Gasteiger partial charge in [0.05, 0.1) is 11.4 Å². The number of imidazole rings is 1. The van der Waals surface area contributed by atoms with Crippen LogP contribution in [-0.2, 0) is 11.3 Å². The lowest BCUT2D eigenvalue weighted by molar-refractivity contribution is 0.192. The van der Waals surface area contributed by atoms with Crippen molar-refractivity contribution in [1.82, 2.24) is 14.7 Å². The number of hydrogen-bond acceptors (Lipinski definition) is 4. The van der Waals surface area contributed by atoms with Crippen molar-refractivity contribution in [1.29, 1.82) is 0 Å². The molecule has 0 bridgehead atoms. The zero-order valence-corrected chi connectivity index (χ0v) is 11.2. The van der Waals surface area contributed by atoms with Crippen molar-refractivity contribution in [2.45, 2.75) is 26.3 Å². The van der Waals surface area contributed by atoms with Crippen LogP contribution in [0.25, 0.3) is 4.96 Å². The van der Waals surface area contributed by atoms with Crippen LogP contribution in [0.3, 0.4) is 0 Å². The number of ether oxygens (including phenoxy) is 1. The number of thiazole rings is 1. The highest BCUT2D eigenvalue weighted by molar-refractivity contribution is 7.15. The number of aryl methyl sites for hydroxylation is 1. The molecule has 2 rings (SSSR count). The molecule has 0 fully saturated rings. The van der Waals surface area contributed by atoms with Crippen LogP contribution in [0.4, 0.5) is 0 Å². The molecule has 0 atom stereocenters. The summed E-state index contributed by atoms with van der Waals surface area (Å²) in [5, 5.41) is 5.53. The summed E-state index contributed by atoms with van der Waals surface area (Å²) in [4.78, 5) is 5.61. The first-order chi connectivity index (χ1) is 8.33. The third-order valence-corrected chi connectivity index (χ3v) is 3.56. The molecular weight excluding hydrogens is 234 g/mol. The molecule has 4 nitrogen and oxygen atoms in total. The number of aromatic nitrogens is 2. The predicted molar refractivity (Wildman–Crippen MR) is 70.6 cm³/mol. The third-order valence-electron chi connectivity index (χ3n) is 2.81. The predicted octanol–water partition coefficient (Wildman–Crippen LogP) is 2.22. The van der Waals surface area contributed by atoms with E-state index in [0.29, 0.717) is 0 Å². The van der Waals surface area contributed by atoms with E-state index in [9.17, 15) is 0 Å². The van der Waals surface area contributed by atoms with Crippen molar-refractivity contribution in [2.75, 3.05) is 20.3 Å². The molecule has 2 heterocycles. The molecular formula is C12H19N3OS. The van der Waals surface area contributed by atoms with Gasteiger partial charge in [0, 0.05) is 31.8 Å². The third kappa shape index (κ3) is 3.06. The Labute approximate surface area is 106 Å². The second-order valence-corrected chi connectivity index (χ2v) is 4.95. The lowest BCUT2D eigenvalue weighted by Crippen LogP contribution is -2.16. The van der Waals surface area contributed by atoms with Gasteiger partial charge in [-0.25, -0.2) is 4.98 Å². The monoisotopic (exact) mass is 253 g/mol. The number of rotatable bonds is 7. The van der Waals surface area contributed by atoms with Gasteiger partial charge in [-0.05, 0) is 26.3 Å². The summed E-state index contributed by atoms with van der Waals surface area (Å²) in [5.74, 6) is 0. The van der Waals surface area contributed by atoms with Crippen molar-refractivity contribution in [2.24, 2.45) is 0 Å². The molecule has 2 aromatic rings. The molecule has 0 aliphatic rings. The Kier molecular flexibility index (Phi) is 4.53. The average molecular weight is 253 g/mol. The molecule has 0 aliphatic heterocycles. The molecule has 0 spiro atoms. The van der Waals surface area contributed by atoms with E-state index in [4.69, 9.17) is 4.74 Å². The van der Waals surface area contributed by atoms with E-state index in [2.05, 4.69) is 33.2 Å². The highest BCUT2D eigenvalue weighted by atomic mass is 32.1. The van der Waals surface area contributed by atoms with E-state index < -0.39 is 0 Å². The molecule has 94 valence electrons. The number of unbranched alkanes of at least 4 members (excludes halogenated alkanes) is 1. The van der Waals surface area contributed by atoms with Gasteiger partial charge in [0.1, 0.15) is 0 Å². The van der Waals surface area contributed by atoms with E-state index in [1.165, 1.54) is 5.69 Å². The van der Waals surface area contributed by atoms with E-state index in [1.54, 1.807) is 18.4 Å². The first-order valence-electron chi connectivity index (χ1n) is 5.93. The summed E-state index contributed by atoms with van der Waals surface area (Å²) in [5.41, 5.74) is 2.40. The smallest absolute Gasteiger partial charge is 0.194 e. The zero-order valence-electron chi connectivity index (χ0n) is 10.4. The van der Waals surface area contributed by atoms with Gasteiger partial charge in [-0.3, -0.25) is 4.40 Å². The van der Waals surface area contributed by atoms with Crippen LogP contribution < -0.4 is 5.32 Å². The maximum absolute atomic E-state index is 5.02. The van der Waals surface area contributed by atoms with Crippen molar-refractivity contribution in [3.05, 3.63) is 23.0 Å². The second-order valence-electron chi connectivity index (χ2n) is 4.08. The maximum Gasteiger partial charge on any atom is 0.194 e. The fraction of sp³-hybridized carbons (Fsp3) is 0.583. The minimum atomic E-state index is 0.849. The second kappa shape index (κ2) is 6.14. The van der Waals surface area contributed by atoms with Gasteiger partial charge in [0.15, 0.2) is 4.96 Å². The van der Waals surface area contributed by atoms with Gasteiger partial charge in [-0.2, -0.15) is 0 Å². The first kappa shape index (κ1) is 12.5. The van der Waals surface area contributed by atoms with Crippen LogP contribution in [0, 0.1) is 6.92 Å². The number of methoxy groups -OCH3 is 1. The van der Waals surface area contributed by atoms with Crippen molar-refractivity contribution in [3.63, 3.8) is 0 Å². The average Bonchev–Trinajstić information content (AvgIpc) is 2.85. The summed E-state index contributed by atoms with van der Waals surface area (Å²) < 4.78 is 7.19. The first-order valence-corrected chi connectivity index (χ1v) is 6.81. The van der Waals surface area contributed by atoms with Gasteiger partial charge < -0.3 is 10.1 Å². The normalized spacial score (nSPS) is 11.4. The quantitative estimate of drug-likeness (QED) is 0.769. The van der Waals surface area contributed by atoms with Crippen LogP contribution in [0.5, 0.6) is 0 Å². The minimum absolute atomic E-state index is 0.849. The van der Waals surface area contributed by atoms with Crippen molar-refractivity contribution < 1.29 is 4.74 Å². The number of nitrogens with one attached hydrogen (secondary N) is 1. The number of fused-ring (bicyclic) bond motifs is 1. The molecule has 0 radical (unpaired) electrons. The highest BCUT2D eigenvalue weighted by Gasteiger charge is 2.08. The molecule has 5 heteroatoms. The van der Waals surface area contributed by atoms with Crippen molar-refractivity contribution in [3.8, 4) is 0 Å². The number of nitrogens with zero attached hydrogens (tertiary/aromatic N) is 2. The fourth-order valence-corrected chi connectivity index (χ4v) is 2.64. The van der Waals surface area contributed by atoms with Gasteiger partial charge in [0.2, 0.25) is 0 Å². The van der Waals surface area contributed by atoms with Gasteiger partial charge in [-0.15, -0.1) is 11.3 Å². The summed E-state index contributed by atoms with van der Waals surface area (Å²) in [7, 11) is 1.75. The Morgan fingerprint density at radius 2 is 2.35 bits per heavy atom. The van der Waals surface area contributed by atoms with Crippen LogP contribution in [0.2, 0.25) is 0 Å². The topological polar surface area (TPSA) is 38.6 Å². The van der Waals surface area contributed by atoms with Crippen LogP contribution in [-0.4, -0.2) is 29.6 Å². The number of hydrogen-bond donors (Lipinski definition) is 1. The highest BCUT2D eigenvalue weighted by Crippen LogP contribution is 2.16. The summed E-state index contributed by atoms with van der Waals surface area (Å²) in [6.45, 7) is 4.83. The lowest BCUT2D eigenvalue weighted by Gasteiger charge is -2.04. The molecule has 17 heavy (non-hydrogen) atoms. The largest absolute Gasteiger partial charge is 0.385 e. The van der Waals surface area contributed by atoms with Gasteiger partial charge in [-0.1, -0.05) is 0 Å². The van der Waals surface area contributed by atoms with E-state index in [1.807, 2.05) is 0 Å². The van der Waals surface area contributed by atoms with E-state index in [-0.39, 0.29) is 0 Å². The Balaban J connectivity index is 1.82. The molecule has 2 aromatic heterocycles. The Morgan fingerprint density at radius 3 is 3.18 bits per heavy atom. The molecule has 0 aliphatic carbocycles. The Bertz CT molecular complexity index is 463. The maximum atomic E-state index is 5.02. The standard InChI is InChI=1S/C12H19N3OS/c1-10-11(9-13-5-3-4-7-16-2)15-6-8-17-12(15)14-10/h6,8,13H,3-5,7,9H2,1-2H3. The minimum Gasteiger partial charge on any atom is -0.385 e. The van der Waals surface area contributed by atoms with Gasteiger partial charge >= 0.3 is 0 Å². The molecule has 0 amide bonds. The van der Waals surface area contributed by atoms with Crippen LogP contribution in [0.15, 0.2) is 11.6 Å². The molecule has 0 saturated heterocycles. The van der Waals surface area contributed by atoms with E-state index in [0.717, 1.165) is 43.2 Å². The lowest BCUT2D eigenvalue weighted by atomic mass is 10.3. The molecule has 0 unspecified atom stereocenters. The van der Waals surface area contributed by atoms with Crippen LogP contribution in [0.1, 0.15) is 24.2 Å². The van der Waals surface area contributed by atoms with E-state index >= 15 is 0 Å². The van der Waals surface area contributed by atoms with Gasteiger partial charge in [0.25, 0.3) is 0 Å².